The molecule has 5 heteroatoms. The van der Waals surface area contributed by atoms with Crippen molar-refractivity contribution in [1.82, 2.24) is 5.32 Å². The van der Waals surface area contributed by atoms with Gasteiger partial charge in [0.2, 0.25) is 5.91 Å². The van der Waals surface area contributed by atoms with Crippen molar-refractivity contribution in [3.05, 3.63) is 28.7 Å². The fourth-order valence-electron chi connectivity index (χ4n) is 1.40. The molecule has 1 aromatic rings. The zero-order valence-electron chi connectivity index (χ0n) is 10.4. The molecule has 0 saturated heterocycles. The third-order valence-electron chi connectivity index (χ3n) is 2.34. The highest BCUT2D eigenvalue weighted by Crippen LogP contribution is 2.20. The number of halogens is 1. The lowest BCUT2D eigenvalue weighted by Crippen LogP contribution is -2.33. The minimum Gasteiger partial charge on any atom is -0.391 e. The Balaban J connectivity index is 2.22. The van der Waals surface area contributed by atoms with Crippen LogP contribution in [0.25, 0.3) is 0 Å². The molecule has 1 unspecified atom stereocenters. The van der Waals surface area contributed by atoms with Gasteiger partial charge in [-0.25, -0.2) is 0 Å². The number of rotatable bonds is 7. The van der Waals surface area contributed by atoms with E-state index in [1.165, 1.54) is 11.8 Å². The summed E-state index contributed by atoms with van der Waals surface area (Å²) < 4.78 is 1.03. The Morgan fingerprint density at radius 1 is 1.44 bits per heavy atom. The summed E-state index contributed by atoms with van der Waals surface area (Å²) in [5.74, 6) is 0.332. The Morgan fingerprint density at radius 3 is 2.72 bits per heavy atom. The molecule has 100 valence electrons. The number of nitrogens with one attached hydrogen (secondary N) is 1. The topological polar surface area (TPSA) is 49.3 Å². The summed E-state index contributed by atoms with van der Waals surface area (Å²) in [6, 6.07) is 7.83. The molecule has 1 aromatic carbocycles. The summed E-state index contributed by atoms with van der Waals surface area (Å²) in [6.07, 6.45) is 1.21. The number of amides is 1. The van der Waals surface area contributed by atoms with Gasteiger partial charge in [0.15, 0.2) is 0 Å². The molecule has 1 atom stereocenters. The van der Waals surface area contributed by atoms with Crippen LogP contribution < -0.4 is 5.32 Å². The Labute approximate surface area is 120 Å². The van der Waals surface area contributed by atoms with E-state index in [1.54, 1.807) is 0 Å². The van der Waals surface area contributed by atoms with Crippen LogP contribution >= 0.6 is 27.7 Å². The maximum Gasteiger partial charge on any atom is 0.230 e. The fourth-order valence-corrected chi connectivity index (χ4v) is 2.39. The van der Waals surface area contributed by atoms with Gasteiger partial charge in [0, 0.05) is 15.9 Å². The normalized spacial score (nSPS) is 12.2. The summed E-state index contributed by atoms with van der Waals surface area (Å²) in [5.41, 5.74) is 0. The molecular weight excluding hydrogens is 314 g/mol. The summed E-state index contributed by atoms with van der Waals surface area (Å²) in [5, 5.41) is 12.2. The van der Waals surface area contributed by atoms with Crippen molar-refractivity contribution in [2.45, 2.75) is 30.8 Å². The molecule has 0 aliphatic rings. The largest absolute Gasteiger partial charge is 0.391 e. The predicted molar refractivity (Wildman–Crippen MR) is 78.8 cm³/mol. The first kappa shape index (κ1) is 15.5. The quantitative estimate of drug-likeness (QED) is 0.755. The lowest BCUT2D eigenvalue weighted by atomic mass is 10.2. The van der Waals surface area contributed by atoms with Crippen molar-refractivity contribution < 1.29 is 9.90 Å². The number of carbonyl (C=O) groups is 1. The van der Waals surface area contributed by atoms with Gasteiger partial charge < -0.3 is 10.4 Å². The fraction of sp³-hybridized carbons (Fsp3) is 0.462. The molecule has 0 fully saturated rings. The van der Waals surface area contributed by atoms with Crippen molar-refractivity contribution in [2.24, 2.45) is 0 Å². The number of hydrogen-bond acceptors (Lipinski definition) is 3. The Morgan fingerprint density at radius 2 is 2.11 bits per heavy atom. The third-order valence-corrected chi connectivity index (χ3v) is 3.88. The van der Waals surface area contributed by atoms with Gasteiger partial charge in [0.25, 0.3) is 0 Å². The van der Waals surface area contributed by atoms with E-state index in [1.807, 2.05) is 31.2 Å². The minimum absolute atomic E-state index is 0.0435. The van der Waals surface area contributed by atoms with Crippen molar-refractivity contribution in [1.29, 1.82) is 0 Å². The number of carbonyl (C=O) groups excluding carboxylic acids is 1. The van der Waals surface area contributed by atoms with Gasteiger partial charge in [-0.15, -0.1) is 11.8 Å². The van der Waals surface area contributed by atoms with E-state index in [-0.39, 0.29) is 5.91 Å². The predicted octanol–water partition coefficient (Wildman–Crippen LogP) is 2.82. The summed E-state index contributed by atoms with van der Waals surface area (Å²) in [4.78, 5) is 12.6. The van der Waals surface area contributed by atoms with Crippen LogP contribution in [0.4, 0.5) is 0 Å². The highest BCUT2D eigenvalue weighted by Gasteiger charge is 2.06. The molecule has 0 saturated carbocycles. The van der Waals surface area contributed by atoms with Gasteiger partial charge in [-0.2, -0.15) is 0 Å². The van der Waals surface area contributed by atoms with E-state index in [9.17, 15) is 9.90 Å². The monoisotopic (exact) mass is 331 g/mol. The summed E-state index contributed by atoms with van der Waals surface area (Å²) in [7, 11) is 0. The minimum atomic E-state index is -0.434. The van der Waals surface area contributed by atoms with Crippen LogP contribution in [-0.4, -0.2) is 29.4 Å². The smallest absolute Gasteiger partial charge is 0.230 e. The lowest BCUT2D eigenvalue weighted by molar-refractivity contribution is -0.119. The third kappa shape index (κ3) is 6.42. The second-order valence-corrected chi connectivity index (χ2v) is 5.95. The van der Waals surface area contributed by atoms with Crippen molar-refractivity contribution in [3.8, 4) is 0 Å². The second-order valence-electron chi connectivity index (χ2n) is 3.99. The number of thioether (sulfide) groups is 1. The molecule has 2 N–H and O–H groups in total. The van der Waals surface area contributed by atoms with E-state index in [0.29, 0.717) is 12.3 Å². The van der Waals surface area contributed by atoms with Crippen LogP contribution in [0.5, 0.6) is 0 Å². The van der Waals surface area contributed by atoms with Gasteiger partial charge >= 0.3 is 0 Å². The molecule has 0 spiro atoms. The Hall–Kier alpha value is -0.520. The van der Waals surface area contributed by atoms with Gasteiger partial charge in [-0.05, 0) is 30.7 Å². The van der Waals surface area contributed by atoms with Gasteiger partial charge in [0.1, 0.15) is 0 Å². The average Bonchev–Trinajstić information content (AvgIpc) is 2.36. The number of benzene rings is 1. The summed E-state index contributed by atoms with van der Waals surface area (Å²) in [6.45, 7) is 2.35. The van der Waals surface area contributed by atoms with Crippen LogP contribution in [0.15, 0.2) is 33.6 Å². The highest BCUT2D eigenvalue weighted by molar-refractivity contribution is 9.10. The number of aliphatic hydroxyl groups is 1. The van der Waals surface area contributed by atoms with Crippen molar-refractivity contribution in [3.63, 3.8) is 0 Å². The average molecular weight is 332 g/mol. The number of hydrogen-bond donors (Lipinski definition) is 2. The van der Waals surface area contributed by atoms with E-state index in [2.05, 4.69) is 21.2 Å². The van der Waals surface area contributed by atoms with E-state index < -0.39 is 6.10 Å². The Bertz CT molecular complexity index is 370. The molecule has 3 nitrogen and oxygen atoms in total. The van der Waals surface area contributed by atoms with Crippen LogP contribution in [-0.2, 0) is 4.79 Å². The molecule has 0 aromatic heterocycles. The van der Waals surface area contributed by atoms with Crippen molar-refractivity contribution >= 4 is 33.6 Å². The van der Waals surface area contributed by atoms with Crippen molar-refractivity contribution in [2.75, 3.05) is 12.3 Å². The maximum absolute atomic E-state index is 11.5. The first-order valence-corrected chi connectivity index (χ1v) is 7.72. The molecule has 1 amide bonds. The molecule has 0 aliphatic heterocycles. The van der Waals surface area contributed by atoms with Gasteiger partial charge in [-0.3, -0.25) is 4.79 Å². The van der Waals surface area contributed by atoms with Gasteiger partial charge in [0.05, 0.1) is 11.9 Å². The molecule has 0 radical (unpaired) electrons. The molecule has 0 aliphatic carbocycles. The zero-order valence-corrected chi connectivity index (χ0v) is 12.8. The van der Waals surface area contributed by atoms with Crippen LogP contribution in [0, 0.1) is 0 Å². The molecule has 18 heavy (non-hydrogen) atoms. The first-order valence-electron chi connectivity index (χ1n) is 5.95. The molecule has 1 rings (SSSR count). The highest BCUT2D eigenvalue weighted by atomic mass is 79.9. The molecule has 0 bridgehead atoms. The SMILES string of the molecule is CCCC(O)CNC(=O)CSc1ccc(Br)cc1. The van der Waals surface area contributed by atoms with Crippen LogP contribution in [0.3, 0.4) is 0 Å². The first-order chi connectivity index (χ1) is 8.61. The number of aliphatic hydroxyl groups excluding tert-OH is 1. The molecule has 0 heterocycles. The lowest BCUT2D eigenvalue weighted by Gasteiger charge is -2.10. The zero-order chi connectivity index (χ0) is 13.4. The van der Waals surface area contributed by atoms with E-state index in [4.69, 9.17) is 0 Å². The maximum atomic E-state index is 11.5. The molecular formula is C13H18BrNO2S. The standard InChI is InChI=1S/C13H18BrNO2S/c1-2-3-11(16)8-15-13(17)9-18-12-6-4-10(14)5-7-12/h4-7,11,16H,2-3,8-9H2,1H3,(H,15,17). The van der Waals surface area contributed by atoms with Crippen LogP contribution in [0.1, 0.15) is 19.8 Å². The second kappa shape index (κ2) is 8.56. The van der Waals surface area contributed by atoms with E-state index in [0.717, 1.165) is 22.2 Å². The van der Waals surface area contributed by atoms with Gasteiger partial charge in [-0.1, -0.05) is 29.3 Å². The van der Waals surface area contributed by atoms with E-state index >= 15 is 0 Å². The Kier molecular flexibility index (Phi) is 7.39. The van der Waals surface area contributed by atoms with Crippen LogP contribution in [0.2, 0.25) is 0 Å². The summed E-state index contributed by atoms with van der Waals surface area (Å²) >= 11 is 4.85.